The van der Waals surface area contributed by atoms with Crippen LogP contribution in [0.5, 0.6) is 0 Å². The third kappa shape index (κ3) is 2.08. The van der Waals surface area contributed by atoms with Gasteiger partial charge in [0.05, 0.1) is 17.8 Å². The number of nitrogens with zero attached hydrogens (tertiary/aromatic N) is 3. The van der Waals surface area contributed by atoms with Crippen LogP contribution in [-0.4, -0.2) is 13.9 Å². The van der Waals surface area contributed by atoms with E-state index >= 15 is 0 Å². The number of hydrogen-bond acceptors (Lipinski definition) is 2. The Labute approximate surface area is 145 Å². The predicted octanol–water partition coefficient (Wildman–Crippen LogP) is 3.12. The number of fused-ring (bicyclic) bond motifs is 1. The Hall–Kier alpha value is -2.56. The fourth-order valence-corrected chi connectivity index (χ4v) is 4.66. The van der Waals surface area contributed by atoms with Gasteiger partial charge in [-0.05, 0) is 56.2 Å². The molecule has 2 bridgehead atoms. The van der Waals surface area contributed by atoms with E-state index in [4.69, 9.17) is 0 Å². The summed E-state index contributed by atoms with van der Waals surface area (Å²) in [6.07, 6.45) is 10.8. The van der Waals surface area contributed by atoms with E-state index < -0.39 is 0 Å². The van der Waals surface area contributed by atoms with Gasteiger partial charge in [0.1, 0.15) is 0 Å². The van der Waals surface area contributed by atoms with Crippen LogP contribution in [-0.2, 0) is 0 Å². The first-order valence-corrected chi connectivity index (χ1v) is 9.16. The van der Waals surface area contributed by atoms with Crippen molar-refractivity contribution in [3.05, 3.63) is 74.6 Å². The minimum Gasteiger partial charge on any atom is -0.245 e. The van der Waals surface area contributed by atoms with Gasteiger partial charge in [-0.25, -0.2) is 23.5 Å². The summed E-state index contributed by atoms with van der Waals surface area (Å²) >= 11 is 0. The molecule has 2 aliphatic carbocycles. The van der Waals surface area contributed by atoms with E-state index in [9.17, 15) is 9.59 Å². The zero-order valence-corrected chi connectivity index (χ0v) is 14.1. The van der Waals surface area contributed by atoms with Crippen LogP contribution in [0.3, 0.4) is 0 Å². The number of allylic oxidation sites excluding steroid dienone is 4. The monoisotopic (exact) mass is 335 g/mol. The van der Waals surface area contributed by atoms with Gasteiger partial charge in [-0.2, -0.15) is 0 Å². The molecule has 1 aromatic heterocycles. The first-order valence-electron chi connectivity index (χ1n) is 9.16. The van der Waals surface area contributed by atoms with Gasteiger partial charge in [0.2, 0.25) is 0 Å². The summed E-state index contributed by atoms with van der Waals surface area (Å²) in [5.41, 5.74) is 3.07. The Kier molecular flexibility index (Phi) is 3.23. The zero-order chi connectivity index (χ0) is 17.0. The second-order valence-electron chi connectivity index (χ2n) is 7.20. The van der Waals surface area contributed by atoms with Crippen LogP contribution in [0.4, 0.5) is 0 Å². The van der Waals surface area contributed by atoms with Gasteiger partial charge in [0, 0.05) is 0 Å². The Morgan fingerprint density at radius 2 is 1.60 bits per heavy atom. The maximum absolute atomic E-state index is 13.2. The quantitative estimate of drug-likeness (QED) is 0.752. The van der Waals surface area contributed by atoms with E-state index in [1.54, 1.807) is 9.36 Å². The minimum absolute atomic E-state index is 0.0302. The average Bonchev–Trinajstić information content (AvgIpc) is 2.89. The summed E-state index contributed by atoms with van der Waals surface area (Å²) in [6, 6.07) is 9.11. The summed E-state index contributed by atoms with van der Waals surface area (Å²) in [5, 5.41) is 0. The van der Waals surface area contributed by atoms with Crippen molar-refractivity contribution >= 4 is 0 Å². The third-order valence-electron chi connectivity index (χ3n) is 5.84. The van der Waals surface area contributed by atoms with E-state index in [2.05, 4.69) is 12.2 Å². The largest absolute Gasteiger partial charge is 0.352 e. The molecule has 2 aliphatic heterocycles. The normalized spacial score (nSPS) is 24.6. The summed E-state index contributed by atoms with van der Waals surface area (Å²) in [5.74, 6) is 0. The highest BCUT2D eigenvalue weighted by Crippen LogP contribution is 2.40. The molecule has 2 aromatic rings. The summed E-state index contributed by atoms with van der Waals surface area (Å²) in [4.78, 5) is 26.3. The van der Waals surface area contributed by atoms with Crippen molar-refractivity contribution in [1.29, 1.82) is 0 Å². The van der Waals surface area contributed by atoms with Crippen LogP contribution >= 0.6 is 0 Å². The highest BCUT2D eigenvalue weighted by atomic mass is 16.2. The first kappa shape index (κ1) is 14.8. The Morgan fingerprint density at radius 1 is 0.840 bits per heavy atom. The van der Waals surface area contributed by atoms with Gasteiger partial charge < -0.3 is 0 Å². The van der Waals surface area contributed by atoms with E-state index in [-0.39, 0.29) is 23.5 Å². The predicted molar refractivity (Wildman–Crippen MR) is 96.2 cm³/mol. The first-order chi connectivity index (χ1) is 12.3. The highest BCUT2D eigenvalue weighted by molar-refractivity contribution is 5.33. The van der Waals surface area contributed by atoms with Crippen molar-refractivity contribution in [2.75, 3.05) is 0 Å². The molecule has 0 N–H and O–H groups in total. The molecule has 4 aliphatic rings. The number of para-hydroxylation sites is 1. The van der Waals surface area contributed by atoms with E-state index in [0.29, 0.717) is 5.69 Å². The van der Waals surface area contributed by atoms with Crippen LogP contribution in [0.1, 0.15) is 50.6 Å². The molecule has 0 saturated heterocycles. The van der Waals surface area contributed by atoms with Gasteiger partial charge in [-0.3, -0.25) is 0 Å². The van der Waals surface area contributed by atoms with Crippen molar-refractivity contribution in [3.8, 4) is 5.69 Å². The van der Waals surface area contributed by atoms with E-state index in [1.807, 2.05) is 30.3 Å². The van der Waals surface area contributed by atoms with Gasteiger partial charge in [0.15, 0.2) is 0 Å². The molecule has 0 radical (unpaired) electrons. The molecule has 3 heterocycles. The maximum atomic E-state index is 13.2. The Morgan fingerprint density at radius 3 is 2.44 bits per heavy atom. The molecular formula is C20H21N3O2. The standard InChI is InChI=1S/C20H21N3O2/c24-19-21(15-7-2-1-3-8-15)20(25)23-18-13-12-16(22(19)23)11-10-14-6-4-5-9-17(14)18/h1-3,7-8,12-13,16,18H,4-6,9-11H2/t16-,18-/m0/s1. The zero-order valence-electron chi connectivity index (χ0n) is 14.1. The lowest BCUT2D eigenvalue weighted by Gasteiger charge is -2.35. The smallest absolute Gasteiger partial charge is 0.245 e. The fraction of sp³-hybridized carbons (Fsp3) is 0.400. The van der Waals surface area contributed by atoms with Crippen LogP contribution in [0, 0.1) is 0 Å². The van der Waals surface area contributed by atoms with Crippen LogP contribution < -0.4 is 11.4 Å². The number of rotatable bonds is 1. The van der Waals surface area contributed by atoms with Crippen molar-refractivity contribution in [1.82, 2.24) is 13.9 Å². The number of benzene rings is 1. The molecule has 0 saturated carbocycles. The lowest BCUT2D eigenvalue weighted by Crippen LogP contribution is -2.37. The third-order valence-corrected chi connectivity index (χ3v) is 5.84. The van der Waals surface area contributed by atoms with Crippen LogP contribution in [0.2, 0.25) is 0 Å². The molecule has 5 heteroatoms. The van der Waals surface area contributed by atoms with Crippen molar-refractivity contribution in [2.24, 2.45) is 0 Å². The molecule has 25 heavy (non-hydrogen) atoms. The fourth-order valence-electron chi connectivity index (χ4n) is 4.66. The van der Waals surface area contributed by atoms with Crippen molar-refractivity contribution in [3.63, 3.8) is 0 Å². The van der Waals surface area contributed by atoms with Crippen molar-refractivity contribution < 1.29 is 0 Å². The molecule has 2 atom stereocenters. The van der Waals surface area contributed by atoms with Crippen LogP contribution in [0.25, 0.3) is 5.69 Å². The summed E-state index contributed by atoms with van der Waals surface area (Å²) in [6.45, 7) is 0. The SMILES string of the molecule is O=c1n(-c2ccccc2)c(=O)n2n1[C@@H]1C=C[C@H]2C2=C(CCCC2)CC1. The minimum atomic E-state index is -0.227. The summed E-state index contributed by atoms with van der Waals surface area (Å²) < 4.78 is 4.72. The molecule has 0 amide bonds. The van der Waals surface area contributed by atoms with E-state index in [1.165, 1.54) is 28.6 Å². The maximum Gasteiger partial charge on any atom is 0.352 e. The Bertz CT molecular complexity index is 1000. The average molecular weight is 335 g/mol. The van der Waals surface area contributed by atoms with Gasteiger partial charge in [-0.1, -0.05) is 35.9 Å². The molecule has 128 valence electrons. The molecule has 0 spiro atoms. The molecule has 1 aromatic carbocycles. The molecule has 0 fully saturated rings. The van der Waals surface area contributed by atoms with Gasteiger partial charge >= 0.3 is 11.4 Å². The number of hydrogen-bond donors (Lipinski definition) is 0. The van der Waals surface area contributed by atoms with E-state index in [0.717, 1.165) is 25.7 Å². The lowest BCUT2D eigenvalue weighted by molar-refractivity contribution is 0.332. The van der Waals surface area contributed by atoms with Gasteiger partial charge in [0.25, 0.3) is 0 Å². The second-order valence-corrected chi connectivity index (χ2v) is 7.20. The van der Waals surface area contributed by atoms with Gasteiger partial charge in [-0.15, -0.1) is 0 Å². The molecule has 6 rings (SSSR count). The summed E-state index contributed by atoms with van der Waals surface area (Å²) in [7, 11) is 0. The molecule has 0 unspecified atom stereocenters. The Balaban J connectivity index is 1.78. The second kappa shape index (κ2) is 5.48. The lowest BCUT2D eigenvalue weighted by atomic mass is 9.82. The topological polar surface area (TPSA) is 48.9 Å². The van der Waals surface area contributed by atoms with Crippen LogP contribution in [0.15, 0.2) is 63.2 Å². The number of aromatic nitrogens is 3. The molecule has 5 nitrogen and oxygen atoms in total. The molecular weight excluding hydrogens is 314 g/mol. The van der Waals surface area contributed by atoms with Crippen molar-refractivity contribution in [2.45, 2.75) is 50.6 Å². The highest BCUT2D eigenvalue weighted by Gasteiger charge is 2.34.